The molecule has 4 rings (SSSR count). The van der Waals surface area contributed by atoms with Gasteiger partial charge in [0, 0.05) is 33.7 Å². The molecule has 0 fully saturated rings. The first-order valence-electron chi connectivity index (χ1n) is 10.2. The van der Waals surface area contributed by atoms with E-state index in [1.165, 1.54) is 12.1 Å². The first kappa shape index (κ1) is 23.2. The fraction of sp³-hybridized carbons (Fsp3) is 0.318. The van der Waals surface area contributed by atoms with Gasteiger partial charge in [0.25, 0.3) is 5.91 Å². The Hall–Kier alpha value is -2.92. The summed E-state index contributed by atoms with van der Waals surface area (Å²) in [5, 5.41) is 43.6. The van der Waals surface area contributed by atoms with Crippen molar-refractivity contribution in [1.29, 1.82) is 0 Å². The summed E-state index contributed by atoms with van der Waals surface area (Å²) in [5.41, 5.74) is 1.41. The number of allylic oxidation sites excluding steroid dienone is 2. The van der Waals surface area contributed by atoms with Gasteiger partial charge in [0.05, 0.1) is 10.9 Å². The Bertz CT molecular complexity index is 1220. The number of primary amides is 1. The van der Waals surface area contributed by atoms with E-state index in [1.807, 2.05) is 0 Å². The van der Waals surface area contributed by atoms with Gasteiger partial charge >= 0.3 is 0 Å². The molecule has 0 unspecified atom stereocenters. The van der Waals surface area contributed by atoms with Gasteiger partial charge in [0.2, 0.25) is 5.78 Å². The molecule has 4 atom stereocenters. The maximum absolute atomic E-state index is 13.4. The number of amides is 1. The molecule has 1 amide bonds. The quantitative estimate of drug-likeness (QED) is 0.292. The van der Waals surface area contributed by atoms with Crippen molar-refractivity contribution in [1.82, 2.24) is 4.90 Å². The summed E-state index contributed by atoms with van der Waals surface area (Å²) in [4.78, 5) is 40.6. The molecule has 0 radical (unpaired) electrons. The Morgan fingerprint density at radius 2 is 1.88 bits per heavy atom. The molecule has 3 aliphatic rings. The number of hydrogen-bond acceptors (Lipinski definition) is 8. The largest absolute Gasteiger partial charge is 0.517 e. The van der Waals surface area contributed by atoms with Gasteiger partial charge in [-0.15, -0.1) is 0 Å². The van der Waals surface area contributed by atoms with Crippen LogP contribution in [0.3, 0.4) is 0 Å². The lowest BCUT2D eigenvalue weighted by Gasteiger charge is -2.47. The Kier molecular flexibility index (Phi) is 5.32. The van der Waals surface area contributed by atoms with E-state index in [-0.39, 0.29) is 28.1 Å². The molecule has 1 heterocycles. The summed E-state index contributed by atoms with van der Waals surface area (Å²) < 4.78 is 0. The van der Waals surface area contributed by atoms with E-state index < -0.39 is 72.6 Å². The first-order chi connectivity index (χ1) is 15.3. The number of aliphatic hydroxyl groups is 3. The average molecular weight is 491 g/mol. The molecule has 1 aromatic carbocycles. The van der Waals surface area contributed by atoms with Gasteiger partial charge in [-0.1, -0.05) is 18.2 Å². The smallest absolute Gasteiger partial charge is 0.255 e. The molecule has 0 bridgehead atoms. The maximum Gasteiger partial charge on any atom is 0.255 e. The van der Waals surface area contributed by atoms with Crippen molar-refractivity contribution in [3.8, 4) is 5.75 Å². The number of hydrogen-bond donors (Lipinski definition) is 5. The van der Waals surface area contributed by atoms with Gasteiger partial charge in [0.15, 0.2) is 11.4 Å². The number of halogens is 1. The van der Waals surface area contributed by atoms with Crippen LogP contribution < -0.4 is 5.73 Å². The number of rotatable bonds is 2. The number of phenolic OH excluding ortho intramolecular Hbond substituents is 1. The van der Waals surface area contributed by atoms with Crippen molar-refractivity contribution in [3.05, 3.63) is 57.1 Å². The number of carbonyl (C=O) groups excluding carboxylic acids is 3. The minimum Gasteiger partial charge on any atom is -0.517 e. The SMILES string of the molecule is C=C1c2c(Cl)ccc(O)c2C(=O)C2=C(O)[C@]3(O)C(=O)C(C(N)=O)=C(O)[SiH2][C@@H](N(C)C)[C@@H]3C[C@H]12. The number of Topliss-reactive ketones (excluding diaryl/α,β-unsaturated/α-hetero) is 2. The maximum atomic E-state index is 13.4. The molecule has 6 N–H and O–H groups in total. The Morgan fingerprint density at radius 3 is 2.45 bits per heavy atom. The second-order valence-electron chi connectivity index (χ2n) is 8.84. The van der Waals surface area contributed by atoms with E-state index in [1.54, 1.807) is 19.0 Å². The number of benzene rings is 1. The predicted octanol–water partition coefficient (Wildman–Crippen LogP) is 0.328. The first-order valence-corrected chi connectivity index (χ1v) is 12.1. The summed E-state index contributed by atoms with van der Waals surface area (Å²) >= 11 is 6.31. The molecule has 0 spiro atoms. The zero-order chi connectivity index (χ0) is 24.6. The van der Waals surface area contributed by atoms with Crippen molar-refractivity contribution in [2.75, 3.05) is 14.1 Å². The standard InChI is InChI=1S/C22H23ClN2O7Si/c1-7-8-6-9-20(25(2)3)33-21(31)15(19(24)30)18(29)22(9,32)17(28)13(8)16(27)14-11(26)5-4-10(23)12(7)14/h4-5,8-9,20,26,28,31-32H,1,6,33H2,2-3H3,(H2,24,30)/t8-,9+,20-,22+/m1/s1. The van der Waals surface area contributed by atoms with Gasteiger partial charge < -0.3 is 31.1 Å². The van der Waals surface area contributed by atoms with Crippen LogP contribution in [0.25, 0.3) is 5.57 Å². The van der Waals surface area contributed by atoms with E-state index >= 15 is 0 Å². The number of carbonyl (C=O) groups is 3. The van der Waals surface area contributed by atoms with E-state index in [9.17, 15) is 34.8 Å². The van der Waals surface area contributed by atoms with Gasteiger partial charge in [-0.2, -0.15) is 0 Å². The lowest BCUT2D eigenvalue weighted by Crippen LogP contribution is -2.59. The third-order valence-corrected chi connectivity index (χ3v) is 9.75. The van der Waals surface area contributed by atoms with Crippen molar-refractivity contribution in [2.24, 2.45) is 17.6 Å². The summed E-state index contributed by atoms with van der Waals surface area (Å²) in [6.45, 7) is 4.05. The van der Waals surface area contributed by atoms with Crippen LogP contribution in [0.15, 0.2) is 41.0 Å². The third kappa shape index (κ3) is 3.02. The van der Waals surface area contributed by atoms with Gasteiger partial charge in [0.1, 0.15) is 26.6 Å². The molecular weight excluding hydrogens is 468 g/mol. The van der Waals surface area contributed by atoms with Gasteiger partial charge in [-0.25, -0.2) is 0 Å². The topological polar surface area (TPSA) is 161 Å². The number of fused-ring (bicyclic) bond motifs is 3. The molecule has 0 saturated heterocycles. The van der Waals surface area contributed by atoms with Crippen LogP contribution in [0.4, 0.5) is 0 Å². The normalized spacial score (nSPS) is 30.3. The van der Waals surface area contributed by atoms with E-state index in [0.717, 1.165) is 0 Å². The molecule has 2 aliphatic carbocycles. The van der Waals surface area contributed by atoms with Crippen LogP contribution in [-0.2, 0) is 9.59 Å². The Labute approximate surface area is 196 Å². The minimum atomic E-state index is -2.68. The van der Waals surface area contributed by atoms with Crippen LogP contribution in [0.2, 0.25) is 5.02 Å². The van der Waals surface area contributed by atoms with Crippen LogP contribution >= 0.6 is 11.6 Å². The zero-order valence-electron chi connectivity index (χ0n) is 17.9. The van der Waals surface area contributed by atoms with Crippen LogP contribution in [0, 0.1) is 11.8 Å². The third-order valence-electron chi connectivity index (χ3n) is 6.98. The molecule has 174 valence electrons. The lowest BCUT2D eigenvalue weighted by molar-refractivity contribution is -0.142. The number of nitrogens with two attached hydrogens (primary N) is 1. The van der Waals surface area contributed by atoms with Gasteiger partial charge in [-0.05, 0) is 38.2 Å². The minimum absolute atomic E-state index is 0.00675. The number of phenols is 1. The molecule has 33 heavy (non-hydrogen) atoms. The molecule has 11 heteroatoms. The second kappa shape index (κ2) is 7.56. The summed E-state index contributed by atoms with van der Waals surface area (Å²) in [7, 11) is 1.62. The molecule has 1 aromatic rings. The fourth-order valence-electron chi connectivity index (χ4n) is 5.36. The molecular formula is C22H23ClN2O7Si. The monoisotopic (exact) mass is 490 g/mol. The second-order valence-corrected chi connectivity index (χ2v) is 11.2. The Morgan fingerprint density at radius 1 is 1.24 bits per heavy atom. The average Bonchev–Trinajstić information content (AvgIpc) is 2.81. The molecule has 0 saturated carbocycles. The Balaban J connectivity index is 2.04. The highest BCUT2D eigenvalue weighted by atomic mass is 35.5. The highest BCUT2D eigenvalue weighted by molar-refractivity contribution is 6.50. The van der Waals surface area contributed by atoms with Crippen molar-refractivity contribution in [3.63, 3.8) is 0 Å². The molecule has 1 aliphatic heterocycles. The van der Waals surface area contributed by atoms with Crippen molar-refractivity contribution >= 4 is 44.2 Å². The predicted molar refractivity (Wildman–Crippen MR) is 123 cm³/mol. The van der Waals surface area contributed by atoms with Crippen LogP contribution in [0.1, 0.15) is 22.3 Å². The zero-order valence-corrected chi connectivity index (χ0v) is 20.1. The highest BCUT2D eigenvalue weighted by Crippen LogP contribution is 2.54. The van der Waals surface area contributed by atoms with Crippen LogP contribution in [0.5, 0.6) is 5.75 Å². The van der Waals surface area contributed by atoms with Crippen molar-refractivity contribution < 1.29 is 34.8 Å². The summed E-state index contributed by atoms with van der Waals surface area (Å²) in [6, 6.07) is 2.65. The number of aromatic hydroxyl groups is 1. The number of nitrogens with zero attached hydrogens (tertiary/aromatic N) is 1. The van der Waals surface area contributed by atoms with E-state index in [4.69, 9.17) is 17.3 Å². The highest BCUT2D eigenvalue weighted by Gasteiger charge is 2.61. The van der Waals surface area contributed by atoms with E-state index in [2.05, 4.69) is 6.58 Å². The number of aliphatic hydroxyl groups excluding tert-OH is 2. The molecule has 0 aromatic heterocycles. The molecule has 9 nitrogen and oxygen atoms in total. The van der Waals surface area contributed by atoms with Crippen molar-refractivity contribution in [2.45, 2.75) is 17.7 Å². The fourth-order valence-corrected chi connectivity index (χ4v) is 7.76. The van der Waals surface area contributed by atoms with E-state index in [0.29, 0.717) is 5.57 Å². The summed E-state index contributed by atoms with van der Waals surface area (Å²) in [6.07, 6.45) is 0.00675. The van der Waals surface area contributed by atoms with Gasteiger partial charge in [-0.3, -0.25) is 14.4 Å². The number of ketones is 2. The summed E-state index contributed by atoms with van der Waals surface area (Å²) in [5.74, 6) is -6.41. The lowest BCUT2D eigenvalue weighted by atomic mass is 9.61. The van der Waals surface area contributed by atoms with Crippen LogP contribution in [-0.4, -0.2) is 77.7 Å².